The van der Waals surface area contributed by atoms with E-state index in [9.17, 15) is 14.4 Å². The molecular weight excluding hydrogens is 877 g/mol. The molecule has 6 heteroatoms. The third kappa shape index (κ3) is 58.7. The molecule has 0 aliphatic rings. The highest BCUT2D eigenvalue weighted by Crippen LogP contribution is 2.17. The van der Waals surface area contributed by atoms with Gasteiger partial charge in [0, 0.05) is 19.3 Å². The van der Waals surface area contributed by atoms with E-state index < -0.39 is 6.10 Å². The molecule has 0 aromatic heterocycles. The predicted molar refractivity (Wildman–Crippen MR) is 307 cm³/mol. The lowest BCUT2D eigenvalue weighted by Crippen LogP contribution is -2.30. The average molecular weight is 1000 g/mol. The van der Waals surface area contributed by atoms with E-state index in [4.69, 9.17) is 14.2 Å². The molecule has 0 heterocycles. The van der Waals surface area contributed by atoms with Gasteiger partial charge < -0.3 is 14.2 Å². The van der Waals surface area contributed by atoms with Crippen LogP contribution in [0, 0.1) is 0 Å². The quantitative estimate of drug-likeness (QED) is 0.0261. The smallest absolute Gasteiger partial charge is 0.306 e. The van der Waals surface area contributed by atoms with Crippen LogP contribution >= 0.6 is 0 Å². The van der Waals surface area contributed by atoms with Crippen LogP contribution in [0.1, 0.15) is 355 Å². The van der Waals surface area contributed by atoms with E-state index in [-0.39, 0.29) is 31.1 Å². The predicted octanol–water partition coefficient (Wildman–Crippen LogP) is 21.4. The molecule has 71 heavy (non-hydrogen) atoms. The van der Waals surface area contributed by atoms with Crippen LogP contribution in [0.25, 0.3) is 0 Å². The molecule has 0 saturated heterocycles. The monoisotopic (exact) mass is 999 g/mol. The maximum atomic E-state index is 12.9. The molecule has 0 N–H and O–H groups in total. The average Bonchev–Trinajstić information content (AvgIpc) is 3.37. The zero-order valence-corrected chi connectivity index (χ0v) is 48.0. The first-order chi connectivity index (χ1) is 35.0. The van der Waals surface area contributed by atoms with Gasteiger partial charge in [-0.25, -0.2) is 0 Å². The summed E-state index contributed by atoms with van der Waals surface area (Å²) in [6, 6.07) is 0. The first-order valence-electron chi connectivity index (χ1n) is 31.8. The normalized spacial score (nSPS) is 12.1. The zero-order valence-electron chi connectivity index (χ0n) is 48.0. The Labute approximate surface area is 443 Å². The molecule has 0 unspecified atom stereocenters. The Balaban J connectivity index is 4.32. The molecule has 418 valence electrons. The molecule has 0 spiro atoms. The summed E-state index contributed by atoms with van der Waals surface area (Å²) in [5.41, 5.74) is 0. The van der Waals surface area contributed by atoms with Crippen LogP contribution in [0.4, 0.5) is 0 Å². The minimum Gasteiger partial charge on any atom is -0.462 e. The molecule has 0 aliphatic carbocycles. The summed E-state index contributed by atoms with van der Waals surface area (Å²) in [5, 5.41) is 0. The second kappa shape index (κ2) is 60.4. The van der Waals surface area contributed by atoms with Crippen molar-refractivity contribution in [2.45, 2.75) is 361 Å². The Morgan fingerprint density at radius 2 is 0.465 bits per heavy atom. The Morgan fingerprint density at radius 3 is 0.704 bits per heavy atom. The number of rotatable bonds is 59. The van der Waals surface area contributed by atoms with Crippen LogP contribution < -0.4 is 0 Å². The highest BCUT2D eigenvalue weighted by molar-refractivity contribution is 5.71. The summed E-state index contributed by atoms with van der Waals surface area (Å²) < 4.78 is 16.9. The van der Waals surface area contributed by atoms with Crippen molar-refractivity contribution in [1.82, 2.24) is 0 Å². The van der Waals surface area contributed by atoms with Crippen molar-refractivity contribution in [3.8, 4) is 0 Å². The molecule has 0 aromatic rings. The fourth-order valence-corrected chi connectivity index (χ4v) is 9.61. The van der Waals surface area contributed by atoms with E-state index in [0.717, 1.165) is 64.2 Å². The van der Waals surface area contributed by atoms with E-state index >= 15 is 0 Å². The number of carbonyl (C=O) groups excluding carboxylic acids is 3. The van der Waals surface area contributed by atoms with Crippen molar-refractivity contribution in [3.63, 3.8) is 0 Å². The number of ether oxygens (including phenoxy) is 3. The van der Waals surface area contributed by atoms with E-state index in [1.807, 2.05) is 0 Å². The van der Waals surface area contributed by atoms with Crippen LogP contribution in [-0.2, 0) is 28.6 Å². The van der Waals surface area contributed by atoms with Crippen molar-refractivity contribution in [3.05, 3.63) is 24.3 Å². The first-order valence-corrected chi connectivity index (χ1v) is 31.8. The molecule has 0 rings (SSSR count). The van der Waals surface area contributed by atoms with Crippen molar-refractivity contribution >= 4 is 17.9 Å². The number of hydrogen-bond acceptors (Lipinski definition) is 6. The highest BCUT2D eigenvalue weighted by Gasteiger charge is 2.19. The minimum absolute atomic E-state index is 0.0714. The van der Waals surface area contributed by atoms with E-state index in [0.29, 0.717) is 19.3 Å². The summed E-state index contributed by atoms with van der Waals surface area (Å²) in [5.74, 6) is -0.858. The van der Waals surface area contributed by atoms with Gasteiger partial charge in [-0.1, -0.05) is 289 Å². The van der Waals surface area contributed by atoms with Crippen LogP contribution in [0.2, 0.25) is 0 Å². The second-order valence-corrected chi connectivity index (χ2v) is 21.7. The summed E-state index contributed by atoms with van der Waals surface area (Å²) >= 11 is 0. The summed E-state index contributed by atoms with van der Waals surface area (Å²) in [7, 11) is 0. The molecule has 0 bridgehead atoms. The van der Waals surface area contributed by atoms with Gasteiger partial charge in [-0.2, -0.15) is 0 Å². The molecule has 0 aromatic carbocycles. The number of allylic oxidation sites excluding steroid dienone is 4. The lowest BCUT2D eigenvalue weighted by molar-refractivity contribution is -0.167. The Hall–Kier alpha value is -2.11. The van der Waals surface area contributed by atoms with Gasteiger partial charge >= 0.3 is 17.9 Å². The van der Waals surface area contributed by atoms with Crippen LogP contribution in [0.15, 0.2) is 24.3 Å². The van der Waals surface area contributed by atoms with Crippen LogP contribution in [0.3, 0.4) is 0 Å². The lowest BCUT2D eigenvalue weighted by atomic mass is 10.0. The van der Waals surface area contributed by atoms with Gasteiger partial charge in [-0.3, -0.25) is 14.4 Å². The Bertz CT molecular complexity index is 1150. The number of esters is 3. The van der Waals surface area contributed by atoms with E-state index in [1.54, 1.807) is 0 Å². The molecular formula is C65H122O6. The van der Waals surface area contributed by atoms with Crippen molar-refractivity contribution in [1.29, 1.82) is 0 Å². The largest absolute Gasteiger partial charge is 0.462 e. The first kappa shape index (κ1) is 68.9. The topological polar surface area (TPSA) is 78.9 Å². The third-order valence-electron chi connectivity index (χ3n) is 14.4. The van der Waals surface area contributed by atoms with Gasteiger partial charge in [0.25, 0.3) is 0 Å². The summed E-state index contributed by atoms with van der Waals surface area (Å²) in [4.78, 5) is 38.3. The molecule has 0 fully saturated rings. The van der Waals surface area contributed by atoms with Gasteiger partial charge in [0.2, 0.25) is 0 Å². The van der Waals surface area contributed by atoms with Gasteiger partial charge in [0.1, 0.15) is 13.2 Å². The molecule has 6 nitrogen and oxygen atoms in total. The maximum Gasteiger partial charge on any atom is 0.306 e. The van der Waals surface area contributed by atoms with Gasteiger partial charge in [0.15, 0.2) is 6.10 Å². The summed E-state index contributed by atoms with van der Waals surface area (Å²) in [6.45, 7) is 6.69. The number of unbranched alkanes of at least 4 members (excludes halogenated alkanes) is 44. The van der Waals surface area contributed by atoms with Gasteiger partial charge in [0.05, 0.1) is 0 Å². The zero-order chi connectivity index (χ0) is 51.4. The standard InChI is InChI=1S/C65H122O6/c1-4-7-10-13-16-19-22-25-28-30-32-34-37-40-43-46-49-52-55-58-64(67)70-61-62(60-69-63(66)57-54-51-48-45-42-39-36-27-24-21-18-15-12-9-6-3)71-65(68)59-56-53-50-47-44-41-38-35-33-31-29-26-23-20-17-14-11-8-5-2/h27,30,32,36,62H,4-26,28-29,31,33-35,37-61H2,1-3H3/b32-30-,36-27-/t62-/m1/s1. The van der Waals surface area contributed by atoms with Gasteiger partial charge in [-0.05, 0) is 70.6 Å². The van der Waals surface area contributed by atoms with Gasteiger partial charge in [-0.15, -0.1) is 0 Å². The molecule has 0 saturated carbocycles. The third-order valence-corrected chi connectivity index (χ3v) is 14.4. The molecule has 0 radical (unpaired) electrons. The van der Waals surface area contributed by atoms with Crippen molar-refractivity contribution < 1.29 is 28.6 Å². The van der Waals surface area contributed by atoms with E-state index in [1.165, 1.54) is 250 Å². The second-order valence-electron chi connectivity index (χ2n) is 21.7. The SMILES string of the molecule is CCCCCCCC/C=C\CCCCCCCC(=O)OC[C@H](COC(=O)CCCCCCCCC/C=C\CCCCCCCCCC)OC(=O)CCCCCCCCCCCCCCCCCCCCC. The lowest BCUT2D eigenvalue weighted by Gasteiger charge is -2.18. The Kier molecular flexibility index (Phi) is 58.6. The summed E-state index contributed by atoms with van der Waals surface area (Å²) in [6.07, 6.45) is 71.8. The van der Waals surface area contributed by atoms with E-state index in [2.05, 4.69) is 45.1 Å². The fourth-order valence-electron chi connectivity index (χ4n) is 9.61. The molecule has 1 atom stereocenters. The van der Waals surface area contributed by atoms with Crippen molar-refractivity contribution in [2.75, 3.05) is 13.2 Å². The number of carbonyl (C=O) groups is 3. The molecule has 0 amide bonds. The van der Waals surface area contributed by atoms with Crippen molar-refractivity contribution in [2.24, 2.45) is 0 Å². The van der Waals surface area contributed by atoms with Crippen LogP contribution in [0.5, 0.6) is 0 Å². The number of hydrogen-bond donors (Lipinski definition) is 0. The minimum atomic E-state index is -0.773. The fraction of sp³-hybridized carbons (Fsp3) is 0.892. The maximum absolute atomic E-state index is 12.9. The Morgan fingerprint density at radius 1 is 0.268 bits per heavy atom. The highest BCUT2D eigenvalue weighted by atomic mass is 16.6. The molecule has 0 aliphatic heterocycles. The van der Waals surface area contributed by atoms with Crippen LogP contribution in [-0.4, -0.2) is 37.2 Å².